The Labute approximate surface area is 173 Å². The molecule has 2 nitrogen and oxygen atoms in total. The fourth-order valence-corrected chi connectivity index (χ4v) is 3.15. The SMILES string of the molecule is OC(/C=C/c1ccccc1)=C(/C(=S)Nc1ccc(Br)cc1)c1ccccc1. The van der Waals surface area contributed by atoms with Gasteiger partial charge in [0, 0.05) is 10.2 Å². The smallest absolute Gasteiger partial charge is 0.126 e. The maximum Gasteiger partial charge on any atom is 0.126 e. The van der Waals surface area contributed by atoms with E-state index in [0.29, 0.717) is 10.6 Å². The normalized spacial score (nSPS) is 11.9. The molecule has 0 atom stereocenters. The van der Waals surface area contributed by atoms with E-state index in [1.165, 1.54) is 0 Å². The highest BCUT2D eigenvalue weighted by molar-refractivity contribution is 9.10. The summed E-state index contributed by atoms with van der Waals surface area (Å²) in [6.45, 7) is 0. The second-order valence-corrected chi connectivity index (χ2v) is 7.16. The van der Waals surface area contributed by atoms with Gasteiger partial charge in [-0.25, -0.2) is 0 Å². The number of benzene rings is 3. The van der Waals surface area contributed by atoms with Gasteiger partial charge in [0.1, 0.15) is 10.7 Å². The van der Waals surface area contributed by atoms with E-state index in [1.54, 1.807) is 6.08 Å². The lowest BCUT2D eigenvalue weighted by molar-refractivity contribution is 0.437. The third-order valence-electron chi connectivity index (χ3n) is 3.88. The molecule has 0 aliphatic heterocycles. The van der Waals surface area contributed by atoms with Crippen LogP contribution in [0.5, 0.6) is 0 Å². The molecule has 0 unspecified atom stereocenters. The first kappa shape index (κ1) is 19.1. The molecule has 0 aliphatic rings. The van der Waals surface area contributed by atoms with Crippen molar-refractivity contribution in [3.63, 3.8) is 0 Å². The third-order valence-corrected chi connectivity index (χ3v) is 4.72. The number of hydrogen-bond donors (Lipinski definition) is 2. The Balaban J connectivity index is 1.94. The van der Waals surface area contributed by atoms with E-state index < -0.39 is 0 Å². The molecule has 0 amide bonds. The second-order valence-electron chi connectivity index (χ2n) is 5.83. The van der Waals surface area contributed by atoms with Crippen LogP contribution in [-0.2, 0) is 0 Å². The number of anilines is 1. The predicted molar refractivity (Wildman–Crippen MR) is 122 cm³/mol. The van der Waals surface area contributed by atoms with Gasteiger partial charge in [-0.2, -0.15) is 0 Å². The van der Waals surface area contributed by atoms with Gasteiger partial charge in [-0.05, 0) is 41.5 Å². The lowest BCUT2D eigenvalue weighted by atomic mass is 10.0. The van der Waals surface area contributed by atoms with Gasteiger partial charge < -0.3 is 10.4 Å². The van der Waals surface area contributed by atoms with Crippen LogP contribution < -0.4 is 5.32 Å². The number of halogens is 1. The number of hydrogen-bond acceptors (Lipinski definition) is 2. The molecule has 0 radical (unpaired) electrons. The van der Waals surface area contributed by atoms with Crippen LogP contribution >= 0.6 is 28.1 Å². The molecule has 4 heteroatoms. The van der Waals surface area contributed by atoms with E-state index in [9.17, 15) is 5.11 Å². The summed E-state index contributed by atoms with van der Waals surface area (Å²) in [4.78, 5) is 0.457. The van der Waals surface area contributed by atoms with Crippen molar-refractivity contribution in [3.8, 4) is 0 Å². The van der Waals surface area contributed by atoms with E-state index in [-0.39, 0.29) is 5.76 Å². The maximum atomic E-state index is 10.8. The molecule has 0 saturated carbocycles. The van der Waals surface area contributed by atoms with Gasteiger partial charge in [0.2, 0.25) is 0 Å². The molecular weight excluding hydrogens is 418 g/mol. The Morgan fingerprint density at radius 3 is 2.07 bits per heavy atom. The quantitative estimate of drug-likeness (QED) is 0.198. The minimum atomic E-state index is 0.111. The van der Waals surface area contributed by atoms with E-state index in [1.807, 2.05) is 91.0 Å². The average Bonchev–Trinajstić information content (AvgIpc) is 2.70. The van der Waals surface area contributed by atoms with Gasteiger partial charge in [0.15, 0.2) is 0 Å². The van der Waals surface area contributed by atoms with Crippen molar-refractivity contribution in [1.29, 1.82) is 0 Å². The van der Waals surface area contributed by atoms with Crippen LogP contribution in [0.15, 0.2) is 101 Å². The zero-order valence-corrected chi connectivity index (χ0v) is 16.9. The number of nitrogens with one attached hydrogen (secondary N) is 1. The molecule has 0 saturated heterocycles. The minimum absolute atomic E-state index is 0.111. The Morgan fingerprint density at radius 2 is 1.44 bits per heavy atom. The summed E-state index contributed by atoms with van der Waals surface area (Å²) < 4.78 is 0.992. The van der Waals surface area contributed by atoms with Crippen molar-refractivity contribution in [2.24, 2.45) is 0 Å². The summed E-state index contributed by atoms with van der Waals surface area (Å²) in [6, 6.07) is 27.2. The van der Waals surface area contributed by atoms with Crippen molar-refractivity contribution < 1.29 is 5.11 Å². The summed E-state index contributed by atoms with van der Waals surface area (Å²) >= 11 is 9.03. The molecular formula is C23H18BrNOS. The lowest BCUT2D eigenvalue weighted by Gasteiger charge is -2.13. The average molecular weight is 436 g/mol. The molecule has 0 aromatic heterocycles. The molecule has 3 aromatic carbocycles. The van der Waals surface area contributed by atoms with Gasteiger partial charge in [-0.1, -0.05) is 94.9 Å². The van der Waals surface area contributed by atoms with E-state index >= 15 is 0 Å². The molecule has 0 heterocycles. The van der Waals surface area contributed by atoms with Gasteiger partial charge in [0.25, 0.3) is 0 Å². The standard InChI is InChI=1S/C23H18BrNOS/c24-19-12-14-20(15-13-19)25-23(27)22(18-9-5-2-6-10-18)21(26)16-11-17-7-3-1-4-8-17/h1-16,26H,(H,25,27)/b16-11+,22-21+. The molecule has 0 fully saturated rings. The zero-order valence-electron chi connectivity index (χ0n) is 14.5. The fraction of sp³-hybridized carbons (Fsp3) is 0. The van der Waals surface area contributed by atoms with E-state index in [2.05, 4.69) is 21.2 Å². The first-order chi connectivity index (χ1) is 13.1. The number of allylic oxidation sites excluding steroid dienone is 1. The van der Waals surface area contributed by atoms with Crippen LogP contribution in [0.4, 0.5) is 5.69 Å². The van der Waals surface area contributed by atoms with Crippen LogP contribution in [0.2, 0.25) is 0 Å². The minimum Gasteiger partial charge on any atom is -0.507 e. The van der Waals surface area contributed by atoms with Crippen molar-refractivity contribution in [2.45, 2.75) is 0 Å². The van der Waals surface area contributed by atoms with Gasteiger partial charge in [0.05, 0.1) is 5.57 Å². The summed E-state index contributed by atoms with van der Waals surface area (Å²) in [5.74, 6) is 0.111. The zero-order chi connectivity index (χ0) is 19.1. The Bertz CT molecular complexity index is 964. The molecule has 0 aliphatic carbocycles. The van der Waals surface area contributed by atoms with Crippen molar-refractivity contribution in [1.82, 2.24) is 0 Å². The van der Waals surface area contributed by atoms with Crippen LogP contribution in [0.3, 0.4) is 0 Å². The van der Waals surface area contributed by atoms with Crippen molar-refractivity contribution in [3.05, 3.63) is 112 Å². The summed E-state index contributed by atoms with van der Waals surface area (Å²) in [5.41, 5.74) is 3.29. The molecule has 3 aromatic rings. The van der Waals surface area contributed by atoms with Crippen molar-refractivity contribution in [2.75, 3.05) is 5.32 Å². The van der Waals surface area contributed by atoms with Gasteiger partial charge in [-0.3, -0.25) is 0 Å². The Kier molecular flexibility index (Phi) is 6.58. The summed E-state index contributed by atoms with van der Waals surface area (Å²) in [5, 5.41) is 14.0. The molecule has 134 valence electrons. The fourth-order valence-electron chi connectivity index (χ4n) is 2.55. The van der Waals surface area contributed by atoms with E-state index in [0.717, 1.165) is 21.3 Å². The van der Waals surface area contributed by atoms with Crippen LogP contribution in [-0.4, -0.2) is 10.1 Å². The first-order valence-corrected chi connectivity index (χ1v) is 9.62. The highest BCUT2D eigenvalue weighted by atomic mass is 79.9. The third kappa shape index (κ3) is 5.39. The number of thiocarbonyl (C=S) groups is 1. The molecule has 0 bridgehead atoms. The topological polar surface area (TPSA) is 32.3 Å². The van der Waals surface area contributed by atoms with Gasteiger partial charge in [-0.15, -0.1) is 0 Å². The highest BCUT2D eigenvalue weighted by Crippen LogP contribution is 2.23. The first-order valence-electron chi connectivity index (χ1n) is 8.42. The molecule has 27 heavy (non-hydrogen) atoms. The van der Waals surface area contributed by atoms with Crippen molar-refractivity contribution >= 4 is 50.5 Å². The molecule has 3 rings (SSSR count). The van der Waals surface area contributed by atoms with E-state index in [4.69, 9.17) is 12.2 Å². The maximum absolute atomic E-state index is 10.8. The Hall–Kier alpha value is -2.69. The van der Waals surface area contributed by atoms with Crippen LogP contribution in [0.1, 0.15) is 11.1 Å². The highest BCUT2D eigenvalue weighted by Gasteiger charge is 2.13. The van der Waals surface area contributed by atoms with Crippen LogP contribution in [0, 0.1) is 0 Å². The largest absolute Gasteiger partial charge is 0.507 e. The summed E-state index contributed by atoms with van der Waals surface area (Å²) in [6.07, 6.45) is 3.54. The number of aliphatic hydroxyl groups excluding tert-OH is 1. The Morgan fingerprint density at radius 1 is 0.852 bits per heavy atom. The second kappa shape index (κ2) is 9.31. The predicted octanol–water partition coefficient (Wildman–Crippen LogP) is 6.87. The molecule has 0 spiro atoms. The monoisotopic (exact) mass is 435 g/mol. The lowest BCUT2D eigenvalue weighted by Crippen LogP contribution is -2.13. The molecule has 2 N–H and O–H groups in total. The number of rotatable bonds is 5. The summed E-state index contributed by atoms with van der Waals surface area (Å²) in [7, 11) is 0. The van der Waals surface area contributed by atoms with Gasteiger partial charge >= 0.3 is 0 Å². The number of aliphatic hydroxyl groups is 1. The van der Waals surface area contributed by atoms with Crippen LogP contribution in [0.25, 0.3) is 11.6 Å².